The Morgan fingerprint density at radius 2 is 1.75 bits per heavy atom. The van der Waals surface area contributed by atoms with Crippen molar-refractivity contribution in [2.45, 2.75) is 31.5 Å². The molecule has 2 bridgehead atoms. The molecule has 0 aliphatic carbocycles. The zero-order chi connectivity index (χ0) is 10.8. The molecule has 86 valence electrons. The number of morpholine rings is 1. The van der Waals surface area contributed by atoms with Crippen LogP contribution < -0.4 is 0 Å². The summed E-state index contributed by atoms with van der Waals surface area (Å²) in [6, 6.07) is 10.8. The second-order valence-corrected chi connectivity index (χ2v) is 4.95. The van der Waals surface area contributed by atoms with Crippen molar-refractivity contribution in [2.75, 3.05) is 19.6 Å². The molecule has 16 heavy (non-hydrogen) atoms. The Balaban J connectivity index is 1.52. The molecule has 1 aromatic rings. The Labute approximate surface area is 97.2 Å². The van der Waals surface area contributed by atoms with Gasteiger partial charge >= 0.3 is 0 Å². The number of rotatable bonds is 3. The van der Waals surface area contributed by atoms with Crippen LogP contribution in [0.2, 0.25) is 0 Å². The second kappa shape index (κ2) is 4.56. The fraction of sp³-hybridized carbons (Fsp3) is 0.571. The van der Waals surface area contributed by atoms with Crippen LogP contribution in [-0.2, 0) is 11.2 Å². The first-order valence-corrected chi connectivity index (χ1v) is 6.32. The number of likely N-dealkylation sites (tertiary alicyclic amines) is 1. The maximum absolute atomic E-state index is 5.84. The summed E-state index contributed by atoms with van der Waals surface area (Å²) >= 11 is 0. The van der Waals surface area contributed by atoms with E-state index in [1.807, 2.05) is 0 Å². The molecular formula is C14H19NO. The zero-order valence-corrected chi connectivity index (χ0v) is 9.64. The predicted molar refractivity (Wildman–Crippen MR) is 64.5 cm³/mol. The standard InChI is InChI=1S/C14H19NO/c1-2-4-12(5-3-1)8-9-15-10-13-6-7-14(11-15)16-13/h1-5,13-14H,6-11H2. The van der Waals surface area contributed by atoms with Crippen LogP contribution in [0, 0.1) is 0 Å². The van der Waals surface area contributed by atoms with Crippen molar-refractivity contribution in [3.05, 3.63) is 35.9 Å². The smallest absolute Gasteiger partial charge is 0.0707 e. The number of fused-ring (bicyclic) bond motifs is 2. The molecule has 0 saturated carbocycles. The molecular weight excluding hydrogens is 198 g/mol. The fourth-order valence-corrected chi connectivity index (χ4v) is 2.81. The van der Waals surface area contributed by atoms with Gasteiger partial charge in [-0.05, 0) is 24.8 Å². The van der Waals surface area contributed by atoms with Crippen LogP contribution in [0.1, 0.15) is 18.4 Å². The van der Waals surface area contributed by atoms with Crippen LogP contribution in [-0.4, -0.2) is 36.7 Å². The van der Waals surface area contributed by atoms with Crippen molar-refractivity contribution in [1.82, 2.24) is 4.90 Å². The van der Waals surface area contributed by atoms with Crippen LogP contribution in [0.5, 0.6) is 0 Å². The quantitative estimate of drug-likeness (QED) is 0.768. The van der Waals surface area contributed by atoms with Gasteiger partial charge in [-0.2, -0.15) is 0 Å². The molecule has 2 aliphatic rings. The van der Waals surface area contributed by atoms with Gasteiger partial charge in [0.05, 0.1) is 12.2 Å². The second-order valence-electron chi connectivity index (χ2n) is 4.95. The summed E-state index contributed by atoms with van der Waals surface area (Å²) in [6.07, 6.45) is 4.75. The normalized spacial score (nSPS) is 29.5. The minimum absolute atomic E-state index is 0.523. The zero-order valence-electron chi connectivity index (χ0n) is 9.64. The molecule has 1 aromatic carbocycles. The molecule has 0 N–H and O–H groups in total. The summed E-state index contributed by atoms with van der Waals surface area (Å²) in [4.78, 5) is 2.57. The summed E-state index contributed by atoms with van der Waals surface area (Å²) in [7, 11) is 0. The highest BCUT2D eigenvalue weighted by Gasteiger charge is 2.33. The lowest BCUT2D eigenvalue weighted by Crippen LogP contribution is -2.43. The van der Waals surface area contributed by atoms with Gasteiger partial charge in [-0.3, -0.25) is 4.90 Å². The summed E-state index contributed by atoms with van der Waals surface area (Å²) < 4.78 is 5.84. The molecule has 0 amide bonds. The van der Waals surface area contributed by atoms with Gasteiger partial charge in [0.15, 0.2) is 0 Å². The third-order valence-corrected chi connectivity index (χ3v) is 3.68. The molecule has 2 fully saturated rings. The Kier molecular flexibility index (Phi) is 2.94. The van der Waals surface area contributed by atoms with Crippen LogP contribution in [0.25, 0.3) is 0 Å². The number of hydrogen-bond donors (Lipinski definition) is 0. The van der Waals surface area contributed by atoms with Gasteiger partial charge in [0.2, 0.25) is 0 Å². The summed E-state index contributed by atoms with van der Waals surface area (Å²) in [6.45, 7) is 3.47. The van der Waals surface area contributed by atoms with Crippen molar-refractivity contribution in [1.29, 1.82) is 0 Å². The molecule has 2 unspecified atom stereocenters. The Morgan fingerprint density at radius 3 is 2.44 bits per heavy atom. The van der Waals surface area contributed by atoms with Gasteiger partial charge in [-0.15, -0.1) is 0 Å². The molecule has 3 rings (SSSR count). The van der Waals surface area contributed by atoms with E-state index in [0.29, 0.717) is 12.2 Å². The molecule has 2 aliphatic heterocycles. The lowest BCUT2D eigenvalue weighted by Gasteiger charge is -2.32. The van der Waals surface area contributed by atoms with Crippen molar-refractivity contribution in [3.8, 4) is 0 Å². The first-order chi connectivity index (χ1) is 7.90. The highest BCUT2D eigenvalue weighted by atomic mass is 16.5. The topological polar surface area (TPSA) is 12.5 Å². The van der Waals surface area contributed by atoms with E-state index in [1.165, 1.54) is 31.4 Å². The van der Waals surface area contributed by atoms with E-state index in [4.69, 9.17) is 4.74 Å². The van der Waals surface area contributed by atoms with Crippen molar-refractivity contribution < 1.29 is 4.74 Å². The van der Waals surface area contributed by atoms with Gasteiger partial charge in [0.1, 0.15) is 0 Å². The van der Waals surface area contributed by atoms with E-state index in [1.54, 1.807) is 0 Å². The minimum atomic E-state index is 0.523. The number of benzene rings is 1. The third kappa shape index (κ3) is 2.28. The SMILES string of the molecule is c1ccc(CCN2CC3CCC(C2)O3)cc1. The van der Waals surface area contributed by atoms with Gasteiger partial charge < -0.3 is 4.74 Å². The largest absolute Gasteiger partial charge is 0.372 e. The first-order valence-electron chi connectivity index (χ1n) is 6.32. The first kappa shape index (κ1) is 10.3. The van der Waals surface area contributed by atoms with Crippen LogP contribution >= 0.6 is 0 Å². The average molecular weight is 217 g/mol. The lowest BCUT2D eigenvalue weighted by molar-refractivity contribution is -0.0377. The number of ether oxygens (including phenoxy) is 1. The summed E-state index contributed by atoms with van der Waals surface area (Å²) in [5.74, 6) is 0. The molecule has 0 spiro atoms. The Bertz CT molecular complexity index is 326. The highest BCUT2D eigenvalue weighted by Crippen LogP contribution is 2.26. The molecule has 2 saturated heterocycles. The molecule has 2 nitrogen and oxygen atoms in total. The van der Waals surface area contributed by atoms with Crippen LogP contribution in [0.4, 0.5) is 0 Å². The van der Waals surface area contributed by atoms with Crippen molar-refractivity contribution in [2.24, 2.45) is 0 Å². The lowest BCUT2D eigenvalue weighted by atomic mass is 10.1. The van der Waals surface area contributed by atoms with Crippen molar-refractivity contribution in [3.63, 3.8) is 0 Å². The third-order valence-electron chi connectivity index (χ3n) is 3.68. The van der Waals surface area contributed by atoms with E-state index >= 15 is 0 Å². The molecule has 2 heteroatoms. The Morgan fingerprint density at radius 1 is 1.06 bits per heavy atom. The summed E-state index contributed by atoms with van der Waals surface area (Å²) in [5.41, 5.74) is 1.45. The highest BCUT2D eigenvalue weighted by molar-refractivity contribution is 5.14. The van der Waals surface area contributed by atoms with Crippen LogP contribution in [0.3, 0.4) is 0 Å². The molecule has 0 radical (unpaired) electrons. The van der Waals surface area contributed by atoms with E-state index in [-0.39, 0.29) is 0 Å². The monoisotopic (exact) mass is 217 g/mol. The summed E-state index contributed by atoms with van der Waals surface area (Å²) in [5, 5.41) is 0. The van der Waals surface area contributed by atoms with Gasteiger partial charge in [0.25, 0.3) is 0 Å². The predicted octanol–water partition coefficient (Wildman–Crippen LogP) is 2.09. The minimum Gasteiger partial charge on any atom is -0.372 e. The van der Waals surface area contributed by atoms with E-state index in [0.717, 1.165) is 13.1 Å². The Hall–Kier alpha value is -0.860. The van der Waals surface area contributed by atoms with Gasteiger partial charge in [-0.25, -0.2) is 0 Å². The van der Waals surface area contributed by atoms with Crippen LogP contribution in [0.15, 0.2) is 30.3 Å². The molecule has 2 heterocycles. The number of nitrogens with zero attached hydrogens (tertiary/aromatic N) is 1. The fourth-order valence-electron chi connectivity index (χ4n) is 2.81. The maximum atomic E-state index is 5.84. The van der Waals surface area contributed by atoms with Gasteiger partial charge in [-0.1, -0.05) is 30.3 Å². The average Bonchev–Trinajstić information content (AvgIpc) is 2.67. The molecule has 0 aromatic heterocycles. The molecule has 2 atom stereocenters. The number of hydrogen-bond acceptors (Lipinski definition) is 2. The maximum Gasteiger partial charge on any atom is 0.0707 e. The van der Waals surface area contributed by atoms with Crippen molar-refractivity contribution >= 4 is 0 Å². The van der Waals surface area contributed by atoms with Gasteiger partial charge in [0, 0.05) is 19.6 Å². The van der Waals surface area contributed by atoms with E-state index in [9.17, 15) is 0 Å². The van der Waals surface area contributed by atoms with E-state index in [2.05, 4.69) is 35.2 Å². The van der Waals surface area contributed by atoms with E-state index < -0.39 is 0 Å².